The van der Waals surface area contributed by atoms with Crippen molar-refractivity contribution in [1.82, 2.24) is 30.7 Å². The Hall–Kier alpha value is -4.35. The first-order valence-corrected chi connectivity index (χ1v) is 9.21. The molecule has 0 aliphatic heterocycles. The number of amides is 1. The fraction of sp³-hybridized carbons (Fsp3) is 0.100. The van der Waals surface area contributed by atoms with E-state index >= 15 is 0 Å². The number of phenolic OH excluding ortho intramolecular Hbond substituents is 1. The second-order valence-electron chi connectivity index (χ2n) is 6.79. The Morgan fingerprint density at radius 3 is 2.56 bits per heavy atom. The average molecular weight is 443 g/mol. The number of aromatic nitrogens is 5. The number of rotatable bonds is 5. The number of nitrogen functional groups attached to an aromatic ring is 1. The number of phenols is 1. The number of H-pyrrole nitrogens is 2. The number of nitrogens with two attached hydrogens (primary N) is 1. The first-order valence-electron chi connectivity index (χ1n) is 9.21. The molecule has 1 aromatic carbocycles. The van der Waals surface area contributed by atoms with Gasteiger partial charge in [0.2, 0.25) is 0 Å². The van der Waals surface area contributed by atoms with Crippen molar-refractivity contribution >= 4 is 11.7 Å². The van der Waals surface area contributed by atoms with E-state index in [-0.39, 0.29) is 40.6 Å². The van der Waals surface area contributed by atoms with E-state index in [2.05, 4.69) is 30.7 Å². The van der Waals surface area contributed by atoms with E-state index in [4.69, 9.17) is 5.73 Å². The van der Waals surface area contributed by atoms with Crippen molar-refractivity contribution < 1.29 is 23.1 Å². The standard InChI is InChI=1S/C20H16F3N7O2/c21-20(22,23)12-7-11(1-2-15(12)31)16-17(29-30-18(16)24)13-8-14(28-27-13)19(32)26-9-10-3-5-25-6-4-10/h1-8,31H,9H2,(H,26,32)(H,27,28)(H3,24,29,30). The zero-order valence-corrected chi connectivity index (χ0v) is 16.2. The molecule has 0 spiro atoms. The number of nitrogens with one attached hydrogen (secondary N) is 3. The van der Waals surface area contributed by atoms with Crippen molar-refractivity contribution in [2.75, 3.05) is 5.73 Å². The van der Waals surface area contributed by atoms with Gasteiger partial charge in [0.25, 0.3) is 5.91 Å². The number of benzene rings is 1. The summed E-state index contributed by atoms with van der Waals surface area (Å²) in [5.41, 5.74) is 6.32. The maximum absolute atomic E-state index is 13.2. The molecule has 9 nitrogen and oxygen atoms in total. The van der Waals surface area contributed by atoms with Gasteiger partial charge in [-0.1, -0.05) is 6.07 Å². The lowest BCUT2D eigenvalue weighted by Gasteiger charge is -2.11. The summed E-state index contributed by atoms with van der Waals surface area (Å²) in [6.07, 6.45) is -1.55. The third-order valence-electron chi connectivity index (χ3n) is 4.67. The van der Waals surface area contributed by atoms with Gasteiger partial charge in [0, 0.05) is 18.9 Å². The molecule has 1 amide bonds. The Morgan fingerprint density at radius 2 is 1.84 bits per heavy atom. The van der Waals surface area contributed by atoms with Gasteiger partial charge in [-0.05, 0) is 41.5 Å². The van der Waals surface area contributed by atoms with Gasteiger partial charge >= 0.3 is 6.18 Å². The Balaban J connectivity index is 1.62. The molecule has 0 bridgehead atoms. The van der Waals surface area contributed by atoms with E-state index in [0.717, 1.165) is 17.7 Å². The van der Waals surface area contributed by atoms with Gasteiger partial charge in [0.05, 0.1) is 16.8 Å². The minimum absolute atomic E-state index is 0.0643. The predicted octanol–water partition coefficient (Wildman–Crippen LogP) is 3.10. The zero-order chi connectivity index (χ0) is 22.9. The highest BCUT2D eigenvalue weighted by molar-refractivity contribution is 5.94. The number of pyridine rings is 1. The lowest BCUT2D eigenvalue weighted by molar-refractivity contribution is -0.138. The molecule has 0 fully saturated rings. The SMILES string of the molecule is Nc1n[nH]c(-c2cc(C(=O)NCc3ccncc3)[nH]n2)c1-c1ccc(O)c(C(F)(F)F)c1. The van der Waals surface area contributed by atoms with Crippen molar-refractivity contribution in [1.29, 1.82) is 0 Å². The van der Waals surface area contributed by atoms with Gasteiger partial charge in [0.15, 0.2) is 5.82 Å². The molecule has 0 unspecified atom stereocenters. The van der Waals surface area contributed by atoms with Crippen LogP contribution in [-0.2, 0) is 12.7 Å². The number of aromatic hydroxyl groups is 1. The minimum atomic E-state index is -4.76. The second-order valence-corrected chi connectivity index (χ2v) is 6.79. The Labute approximate surface area is 178 Å². The molecule has 0 saturated carbocycles. The molecule has 0 aliphatic rings. The van der Waals surface area contributed by atoms with Gasteiger partial charge < -0.3 is 16.2 Å². The molecule has 0 aliphatic carbocycles. The molecule has 164 valence electrons. The van der Waals surface area contributed by atoms with Crippen LogP contribution in [0.1, 0.15) is 21.6 Å². The van der Waals surface area contributed by atoms with Crippen molar-refractivity contribution in [2.45, 2.75) is 12.7 Å². The summed E-state index contributed by atoms with van der Waals surface area (Å²) < 4.78 is 39.6. The van der Waals surface area contributed by atoms with Crippen LogP contribution in [0.3, 0.4) is 0 Å². The predicted molar refractivity (Wildman–Crippen MR) is 108 cm³/mol. The molecule has 4 aromatic rings. The average Bonchev–Trinajstić information content (AvgIpc) is 3.39. The summed E-state index contributed by atoms with van der Waals surface area (Å²) in [7, 11) is 0. The van der Waals surface area contributed by atoms with Gasteiger partial charge in [-0.2, -0.15) is 23.4 Å². The van der Waals surface area contributed by atoms with Crippen LogP contribution in [0, 0.1) is 0 Å². The van der Waals surface area contributed by atoms with E-state index < -0.39 is 23.4 Å². The monoisotopic (exact) mass is 443 g/mol. The molecule has 0 saturated heterocycles. The molecule has 32 heavy (non-hydrogen) atoms. The number of alkyl halides is 3. The number of hydrogen-bond donors (Lipinski definition) is 5. The van der Waals surface area contributed by atoms with Gasteiger partial charge in [-0.3, -0.25) is 20.0 Å². The van der Waals surface area contributed by atoms with Crippen molar-refractivity contribution in [3.63, 3.8) is 0 Å². The summed E-state index contributed by atoms with van der Waals surface area (Å²) in [6.45, 7) is 0.270. The molecule has 12 heteroatoms. The summed E-state index contributed by atoms with van der Waals surface area (Å²) >= 11 is 0. The molecule has 6 N–H and O–H groups in total. The summed E-state index contributed by atoms with van der Waals surface area (Å²) in [4.78, 5) is 16.3. The number of nitrogens with zero attached hydrogens (tertiary/aromatic N) is 3. The van der Waals surface area contributed by atoms with Crippen LogP contribution >= 0.6 is 0 Å². The maximum atomic E-state index is 13.2. The quantitative estimate of drug-likeness (QED) is 0.320. The van der Waals surface area contributed by atoms with Crippen LogP contribution in [0.25, 0.3) is 22.5 Å². The summed E-state index contributed by atoms with van der Waals surface area (Å²) in [5, 5.41) is 25.4. The molecule has 0 atom stereocenters. The third-order valence-corrected chi connectivity index (χ3v) is 4.67. The second kappa shape index (κ2) is 8.06. The van der Waals surface area contributed by atoms with Crippen molar-refractivity contribution in [3.8, 4) is 28.3 Å². The molecular weight excluding hydrogens is 427 g/mol. The summed E-state index contributed by atoms with van der Waals surface area (Å²) in [6, 6.07) is 7.91. The number of halogens is 3. The normalized spacial score (nSPS) is 11.5. The van der Waals surface area contributed by atoms with E-state index in [1.165, 1.54) is 12.1 Å². The van der Waals surface area contributed by atoms with Crippen LogP contribution in [0.15, 0.2) is 48.8 Å². The summed E-state index contributed by atoms with van der Waals surface area (Å²) in [5.74, 6) is -1.40. The number of anilines is 1. The van der Waals surface area contributed by atoms with Crippen molar-refractivity contribution in [2.24, 2.45) is 0 Å². The molecular formula is C20H16F3N7O2. The highest BCUT2D eigenvalue weighted by atomic mass is 19.4. The fourth-order valence-corrected chi connectivity index (χ4v) is 3.10. The Morgan fingerprint density at radius 1 is 1.09 bits per heavy atom. The number of aromatic amines is 2. The first-order chi connectivity index (χ1) is 15.2. The lowest BCUT2D eigenvalue weighted by atomic mass is 10.0. The molecule has 3 heterocycles. The maximum Gasteiger partial charge on any atom is 0.419 e. The van der Waals surface area contributed by atoms with E-state index in [9.17, 15) is 23.1 Å². The molecule has 3 aromatic heterocycles. The minimum Gasteiger partial charge on any atom is -0.507 e. The highest BCUT2D eigenvalue weighted by Crippen LogP contribution is 2.41. The van der Waals surface area contributed by atoms with Gasteiger partial charge in [-0.15, -0.1) is 0 Å². The van der Waals surface area contributed by atoms with E-state index in [1.54, 1.807) is 24.5 Å². The van der Waals surface area contributed by atoms with E-state index in [0.29, 0.717) is 0 Å². The van der Waals surface area contributed by atoms with E-state index in [1.807, 2.05) is 0 Å². The molecule has 0 radical (unpaired) electrons. The first kappa shape index (κ1) is 20.9. The topological polar surface area (TPSA) is 146 Å². The Kier molecular flexibility index (Phi) is 5.26. The van der Waals surface area contributed by atoms with Crippen LogP contribution in [0.4, 0.5) is 19.0 Å². The largest absolute Gasteiger partial charge is 0.507 e. The van der Waals surface area contributed by atoms with Crippen LogP contribution < -0.4 is 11.1 Å². The van der Waals surface area contributed by atoms with Crippen LogP contribution in [0.2, 0.25) is 0 Å². The fourth-order valence-electron chi connectivity index (χ4n) is 3.10. The number of carbonyl (C=O) groups excluding carboxylic acids is 1. The third kappa shape index (κ3) is 4.10. The number of carbonyl (C=O) groups is 1. The number of hydrogen-bond acceptors (Lipinski definition) is 6. The van der Waals surface area contributed by atoms with Gasteiger partial charge in [0.1, 0.15) is 17.1 Å². The smallest absolute Gasteiger partial charge is 0.419 e. The van der Waals surface area contributed by atoms with Crippen LogP contribution in [0.5, 0.6) is 5.75 Å². The Bertz CT molecular complexity index is 1270. The van der Waals surface area contributed by atoms with Crippen LogP contribution in [-0.4, -0.2) is 36.4 Å². The zero-order valence-electron chi connectivity index (χ0n) is 16.2. The molecule has 4 rings (SSSR count). The highest BCUT2D eigenvalue weighted by Gasteiger charge is 2.34. The lowest BCUT2D eigenvalue weighted by Crippen LogP contribution is -2.23. The van der Waals surface area contributed by atoms with Crippen molar-refractivity contribution in [3.05, 3.63) is 65.6 Å². The van der Waals surface area contributed by atoms with Gasteiger partial charge in [-0.25, -0.2) is 0 Å².